The minimum Gasteiger partial charge on any atom is -0.493 e. The standard InChI is InChI=1S/C31H37N3O5S/c1-37-26-10-9-24(27(38-2)28(26)39-3)30(35)33-17-13-23(14-18-33)29-32-25(20-40-29)31(36)34-15-11-22(12-16-34)19-21-7-5-4-6-8-21/h4-10,20,22-23H,11-19H2,1-3H3. The lowest BCUT2D eigenvalue weighted by Crippen LogP contribution is -2.39. The Balaban J connectivity index is 1.15. The summed E-state index contributed by atoms with van der Waals surface area (Å²) in [7, 11) is 4.60. The fraction of sp³-hybridized carbons (Fsp3) is 0.452. The molecule has 0 spiro atoms. The zero-order chi connectivity index (χ0) is 28.1. The molecule has 3 aromatic rings. The van der Waals surface area contributed by atoms with Gasteiger partial charge >= 0.3 is 0 Å². The first-order valence-electron chi connectivity index (χ1n) is 13.9. The first kappa shape index (κ1) is 28.0. The second-order valence-electron chi connectivity index (χ2n) is 10.4. The fourth-order valence-corrected chi connectivity index (χ4v) is 6.76. The lowest BCUT2D eigenvalue weighted by atomic mass is 9.90. The van der Waals surface area contributed by atoms with Crippen molar-refractivity contribution in [2.75, 3.05) is 47.5 Å². The predicted octanol–water partition coefficient (Wildman–Crippen LogP) is 5.28. The minimum absolute atomic E-state index is 0.0359. The SMILES string of the molecule is COc1ccc(C(=O)N2CCC(c3nc(C(=O)N4CCC(Cc5ccccc5)CC4)cs3)CC2)c(OC)c1OC. The van der Waals surface area contributed by atoms with E-state index >= 15 is 0 Å². The van der Waals surface area contributed by atoms with Crippen LogP contribution in [0.5, 0.6) is 17.2 Å². The molecule has 2 aliphatic rings. The van der Waals surface area contributed by atoms with Crippen LogP contribution < -0.4 is 14.2 Å². The lowest BCUT2D eigenvalue weighted by Gasteiger charge is -2.32. The Morgan fingerprint density at radius 3 is 2.12 bits per heavy atom. The first-order chi connectivity index (χ1) is 19.5. The minimum atomic E-state index is -0.0954. The number of rotatable bonds is 8. The van der Waals surface area contributed by atoms with Gasteiger partial charge in [0.15, 0.2) is 11.5 Å². The van der Waals surface area contributed by atoms with Gasteiger partial charge in [-0.2, -0.15) is 0 Å². The smallest absolute Gasteiger partial charge is 0.273 e. The number of aromatic nitrogens is 1. The summed E-state index contributed by atoms with van der Waals surface area (Å²) in [4.78, 5) is 35.1. The number of amides is 2. The highest BCUT2D eigenvalue weighted by Gasteiger charge is 2.31. The number of likely N-dealkylation sites (tertiary alicyclic amines) is 2. The van der Waals surface area contributed by atoms with E-state index in [9.17, 15) is 9.59 Å². The van der Waals surface area contributed by atoms with Crippen molar-refractivity contribution in [3.8, 4) is 17.2 Å². The molecule has 212 valence electrons. The molecule has 0 N–H and O–H groups in total. The first-order valence-corrected chi connectivity index (χ1v) is 14.8. The third-order valence-corrected chi connectivity index (χ3v) is 9.08. The van der Waals surface area contributed by atoms with Crippen LogP contribution >= 0.6 is 11.3 Å². The van der Waals surface area contributed by atoms with E-state index in [1.54, 1.807) is 30.6 Å². The Kier molecular flexibility index (Phi) is 8.89. The molecule has 0 saturated carbocycles. The largest absolute Gasteiger partial charge is 0.493 e. The maximum atomic E-state index is 13.4. The number of benzene rings is 2. The number of ether oxygens (including phenoxy) is 3. The molecule has 2 fully saturated rings. The number of nitrogens with zero attached hydrogens (tertiary/aromatic N) is 3. The number of thiazole rings is 1. The predicted molar refractivity (Wildman–Crippen MR) is 155 cm³/mol. The van der Waals surface area contributed by atoms with Crippen LogP contribution in [0.4, 0.5) is 0 Å². The monoisotopic (exact) mass is 563 g/mol. The third kappa shape index (κ3) is 5.94. The van der Waals surface area contributed by atoms with E-state index in [1.807, 2.05) is 21.2 Å². The molecule has 2 saturated heterocycles. The van der Waals surface area contributed by atoms with E-state index in [1.165, 1.54) is 19.8 Å². The van der Waals surface area contributed by atoms with Crippen molar-refractivity contribution in [3.63, 3.8) is 0 Å². The molecule has 8 nitrogen and oxygen atoms in total. The quantitative estimate of drug-likeness (QED) is 0.371. The van der Waals surface area contributed by atoms with Crippen molar-refractivity contribution < 1.29 is 23.8 Å². The third-order valence-electron chi connectivity index (χ3n) is 8.08. The van der Waals surface area contributed by atoms with Gasteiger partial charge < -0.3 is 24.0 Å². The van der Waals surface area contributed by atoms with Crippen LogP contribution in [0, 0.1) is 5.92 Å². The van der Waals surface area contributed by atoms with Crippen molar-refractivity contribution in [3.05, 3.63) is 69.7 Å². The van der Waals surface area contributed by atoms with Crippen molar-refractivity contribution in [1.82, 2.24) is 14.8 Å². The molecule has 3 heterocycles. The highest BCUT2D eigenvalue weighted by molar-refractivity contribution is 7.09. The lowest BCUT2D eigenvalue weighted by molar-refractivity contribution is 0.0684. The molecular formula is C31H37N3O5S. The highest BCUT2D eigenvalue weighted by Crippen LogP contribution is 2.41. The van der Waals surface area contributed by atoms with Gasteiger partial charge in [0.25, 0.3) is 11.8 Å². The number of piperidine rings is 2. The Bertz CT molecular complexity index is 1310. The number of carbonyl (C=O) groups is 2. The summed E-state index contributed by atoms with van der Waals surface area (Å²) >= 11 is 1.56. The molecule has 0 aliphatic carbocycles. The molecule has 0 atom stereocenters. The van der Waals surface area contributed by atoms with E-state index in [2.05, 4.69) is 24.3 Å². The van der Waals surface area contributed by atoms with Gasteiger partial charge in [0.1, 0.15) is 5.69 Å². The van der Waals surface area contributed by atoms with Crippen LogP contribution in [0.2, 0.25) is 0 Å². The fourth-order valence-electron chi connectivity index (χ4n) is 5.79. The Labute approximate surface area is 239 Å². The highest BCUT2D eigenvalue weighted by atomic mass is 32.1. The summed E-state index contributed by atoms with van der Waals surface area (Å²) in [6, 6.07) is 14.0. The number of carbonyl (C=O) groups excluding carboxylic acids is 2. The summed E-state index contributed by atoms with van der Waals surface area (Å²) < 4.78 is 16.3. The van der Waals surface area contributed by atoms with Gasteiger partial charge in [0.05, 0.1) is 31.9 Å². The van der Waals surface area contributed by atoms with Gasteiger partial charge in [-0.25, -0.2) is 4.98 Å². The van der Waals surface area contributed by atoms with Gasteiger partial charge in [-0.3, -0.25) is 9.59 Å². The normalized spacial score (nSPS) is 16.6. The second kappa shape index (κ2) is 12.7. The molecule has 0 radical (unpaired) electrons. The summed E-state index contributed by atoms with van der Waals surface area (Å²) in [6.07, 6.45) is 4.72. The maximum Gasteiger partial charge on any atom is 0.273 e. The molecule has 0 unspecified atom stereocenters. The molecule has 5 rings (SSSR count). The molecule has 9 heteroatoms. The van der Waals surface area contributed by atoms with E-state index in [0.717, 1.165) is 50.2 Å². The average molecular weight is 564 g/mol. The molecule has 2 aromatic carbocycles. The Hall–Kier alpha value is -3.59. The van der Waals surface area contributed by atoms with Crippen molar-refractivity contribution >= 4 is 23.2 Å². The number of hydrogen-bond acceptors (Lipinski definition) is 7. The average Bonchev–Trinajstić information content (AvgIpc) is 3.51. The van der Waals surface area contributed by atoms with Gasteiger partial charge in [0.2, 0.25) is 5.75 Å². The van der Waals surface area contributed by atoms with Gasteiger partial charge in [-0.15, -0.1) is 11.3 Å². The van der Waals surface area contributed by atoms with Crippen molar-refractivity contribution in [1.29, 1.82) is 0 Å². The summed E-state index contributed by atoms with van der Waals surface area (Å²) in [5.41, 5.74) is 2.37. The summed E-state index contributed by atoms with van der Waals surface area (Å²) in [5, 5.41) is 2.89. The van der Waals surface area contributed by atoms with E-state index < -0.39 is 0 Å². The van der Waals surface area contributed by atoms with E-state index in [-0.39, 0.29) is 17.7 Å². The Morgan fingerprint density at radius 1 is 0.825 bits per heavy atom. The molecule has 40 heavy (non-hydrogen) atoms. The zero-order valence-electron chi connectivity index (χ0n) is 23.4. The number of methoxy groups -OCH3 is 3. The van der Waals surface area contributed by atoms with Crippen LogP contribution in [-0.4, -0.2) is 74.1 Å². The van der Waals surface area contributed by atoms with Crippen molar-refractivity contribution in [2.45, 2.75) is 38.0 Å². The topological polar surface area (TPSA) is 81.2 Å². The van der Waals surface area contributed by atoms with Crippen LogP contribution in [0.3, 0.4) is 0 Å². The van der Waals surface area contributed by atoms with Crippen molar-refractivity contribution in [2.24, 2.45) is 5.92 Å². The zero-order valence-corrected chi connectivity index (χ0v) is 24.2. The second-order valence-corrected chi connectivity index (χ2v) is 11.3. The summed E-state index contributed by atoms with van der Waals surface area (Å²) in [5.74, 6) is 2.09. The van der Waals surface area contributed by atoms with Crippen LogP contribution in [0.1, 0.15) is 63.0 Å². The van der Waals surface area contributed by atoms with Gasteiger partial charge in [-0.05, 0) is 55.7 Å². The summed E-state index contributed by atoms with van der Waals surface area (Å²) in [6.45, 7) is 2.78. The molecule has 2 aliphatic heterocycles. The molecular weight excluding hydrogens is 526 g/mol. The van der Waals surface area contributed by atoms with Gasteiger partial charge in [-0.1, -0.05) is 30.3 Å². The van der Waals surface area contributed by atoms with Crippen LogP contribution in [0.15, 0.2) is 47.8 Å². The van der Waals surface area contributed by atoms with E-state index in [0.29, 0.717) is 47.5 Å². The van der Waals surface area contributed by atoms with Crippen LogP contribution in [-0.2, 0) is 6.42 Å². The molecule has 2 amide bonds. The molecule has 1 aromatic heterocycles. The van der Waals surface area contributed by atoms with E-state index in [4.69, 9.17) is 19.2 Å². The maximum absolute atomic E-state index is 13.4. The number of hydrogen-bond donors (Lipinski definition) is 0. The Morgan fingerprint density at radius 2 is 1.48 bits per heavy atom. The van der Waals surface area contributed by atoms with Crippen LogP contribution in [0.25, 0.3) is 0 Å². The molecule has 0 bridgehead atoms. The van der Waals surface area contributed by atoms with Gasteiger partial charge in [0, 0.05) is 37.5 Å².